The third-order valence-corrected chi connectivity index (χ3v) is 4.41. The minimum absolute atomic E-state index is 0.0480. The Hall–Kier alpha value is -1.75. The van der Waals surface area contributed by atoms with Gasteiger partial charge < -0.3 is 15.0 Å². The zero-order valence-electron chi connectivity index (χ0n) is 13.6. The van der Waals surface area contributed by atoms with Crippen LogP contribution in [-0.4, -0.2) is 36.9 Å². The molecule has 1 fully saturated rings. The number of nitrogens with one attached hydrogen (secondary N) is 1. The van der Waals surface area contributed by atoms with Gasteiger partial charge in [0, 0.05) is 25.4 Å². The molecule has 5 nitrogen and oxygen atoms in total. The van der Waals surface area contributed by atoms with Gasteiger partial charge in [-0.3, -0.25) is 9.59 Å². The highest BCUT2D eigenvalue weighted by molar-refractivity contribution is 6.32. The van der Waals surface area contributed by atoms with Crippen molar-refractivity contribution < 1.29 is 14.3 Å². The molecule has 0 radical (unpaired) electrons. The van der Waals surface area contributed by atoms with E-state index in [2.05, 4.69) is 5.32 Å². The smallest absolute Gasteiger partial charge is 0.227 e. The van der Waals surface area contributed by atoms with Crippen molar-refractivity contribution in [1.29, 1.82) is 0 Å². The van der Waals surface area contributed by atoms with E-state index in [-0.39, 0.29) is 17.7 Å². The van der Waals surface area contributed by atoms with Gasteiger partial charge in [0.2, 0.25) is 11.8 Å². The number of para-hydroxylation sites is 1. The van der Waals surface area contributed by atoms with E-state index in [4.69, 9.17) is 16.3 Å². The van der Waals surface area contributed by atoms with E-state index >= 15 is 0 Å². The maximum Gasteiger partial charge on any atom is 0.227 e. The molecule has 0 saturated carbocycles. The van der Waals surface area contributed by atoms with Gasteiger partial charge in [0.05, 0.1) is 17.8 Å². The number of piperidine rings is 1. The summed E-state index contributed by atoms with van der Waals surface area (Å²) in [5.41, 5.74) is 0.578. The lowest BCUT2D eigenvalue weighted by Crippen LogP contribution is -2.41. The van der Waals surface area contributed by atoms with Crippen LogP contribution < -0.4 is 10.1 Å². The first-order chi connectivity index (χ1) is 11.1. The molecule has 6 heteroatoms. The maximum atomic E-state index is 12.4. The molecule has 1 aliphatic heterocycles. The maximum absolute atomic E-state index is 12.4. The van der Waals surface area contributed by atoms with Gasteiger partial charge >= 0.3 is 0 Å². The van der Waals surface area contributed by atoms with E-state index < -0.39 is 0 Å². The summed E-state index contributed by atoms with van der Waals surface area (Å²) in [7, 11) is 1.52. The minimum Gasteiger partial charge on any atom is -0.493 e. The van der Waals surface area contributed by atoms with Crippen LogP contribution in [0, 0.1) is 5.92 Å². The van der Waals surface area contributed by atoms with Crippen LogP contribution in [0.5, 0.6) is 5.75 Å². The molecule has 0 aromatic heterocycles. The highest BCUT2D eigenvalue weighted by atomic mass is 35.5. The largest absolute Gasteiger partial charge is 0.493 e. The number of hydrogen-bond donors (Lipinski definition) is 1. The van der Waals surface area contributed by atoms with Crippen molar-refractivity contribution in [3.05, 3.63) is 23.2 Å². The Kier molecular flexibility index (Phi) is 6.28. The second-order valence-corrected chi connectivity index (χ2v) is 6.12. The SMILES string of the molecule is CCCC(=O)N1CCC(C(=O)Nc2cccc(Cl)c2OC)CC1. The summed E-state index contributed by atoms with van der Waals surface area (Å²) in [4.78, 5) is 26.2. The summed E-state index contributed by atoms with van der Waals surface area (Å²) >= 11 is 6.06. The molecular formula is C17H23ClN2O3. The molecule has 0 bridgehead atoms. The minimum atomic E-state index is -0.0932. The third kappa shape index (κ3) is 4.38. The zero-order valence-corrected chi connectivity index (χ0v) is 14.4. The van der Waals surface area contributed by atoms with Crippen molar-refractivity contribution in [1.82, 2.24) is 4.90 Å². The first-order valence-corrected chi connectivity index (χ1v) is 8.35. The Bertz CT molecular complexity index is 569. The van der Waals surface area contributed by atoms with Crippen LogP contribution in [0.15, 0.2) is 18.2 Å². The molecule has 1 saturated heterocycles. The molecule has 1 aliphatic rings. The Balaban J connectivity index is 1.93. The topological polar surface area (TPSA) is 58.6 Å². The lowest BCUT2D eigenvalue weighted by atomic mass is 9.95. The quantitative estimate of drug-likeness (QED) is 0.895. The number of amides is 2. The first kappa shape index (κ1) is 17.6. The van der Waals surface area contributed by atoms with E-state index in [0.717, 1.165) is 6.42 Å². The van der Waals surface area contributed by atoms with Crippen molar-refractivity contribution in [2.45, 2.75) is 32.6 Å². The summed E-state index contributed by atoms with van der Waals surface area (Å²) in [6.07, 6.45) is 2.80. The summed E-state index contributed by atoms with van der Waals surface area (Å²) in [5, 5.41) is 3.35. The number of halogens is 1. The first-order valence-electron chi connectivity index (χ1n) is 7.98. The number of anilines is 1. The number of carbonyl (C=O) groups is 2. The Morgan fingerprint density at radius 2 is 2.04 bits per heavy atom. The number of rotatable bonds is 5. The number of methoxy groups -OCH3 is 1. The van der Waals surface area contributed by atoms with E-state index in [1.807, 2.05) is 11.8 Å². The standard InChI is InChI=1S/C17H23ClN2O3/c1-3-5-15(21)20-10-8-12(9-11-20)17(22)19-14-7-4-6-13(18)16(14)23-2/h4,6-7,12H,3,5,8-11H2,1-2H3,(H,19,22). The van der Waals surface area contributed by atoms with Gasteiger partial charge in [-0.05, 0) is 31.4 Å². The molecule has 0 atom stereocenters. The van der Waals surface area contributed by atoms with E-state index in [9.17, 15) is 9.59 Å². The summed E-state index contributed by atoms with van der Waals surface area (Å²) in [6, 6.07) is 5.25. The summed E-state index contributed by atoms with van der Waals surface area (Å²) in [6.45, 7) is 3.28. The lowest BCUT2D eigenvalue weighted by molar-refractivity contribution is -0.134. The second-order valence-electron chi connectivity index (χ2n) is 5.71. The van der Waals surface area contributed by atoms with Gasteiger partial charge in [0.15, 0.2) is 5.75 Å². The van der Waals surface area contributed by atoms with Crippen LogP contribution in [0.1, 0.15) is 32.6 Å². The predicted molar refractivity (Wildman–Crippen MR) is 90.8 cm³/mol. The van der Waals surface area contributed by atoms with Crippen molar-refractivity contribution in [3.63, 3.8) is 0 Å². The lowest BCUT2D eigenvalue weighted by Gasteiger charge is -2.31. The molecule has 2 amide bonds. The molecule has 0 unspecified atom stereocenters. The van der Waals surface area contributed by atoms with Gasteiger partial charge in [-0.2, -0.15) is 0 Å². The van der Waals surface area contributed by atoms with E-state index in [1.165, 1.54) is 7.11 Å². The van der Waals surface area contributed by atoms with Crippen LogP contribution in [0.4, 0.5) is 5.69 Å². The van der Waals surface area contributed by atoms with Gasteiger partial charge in [-0.1, -0.05) is 24.6 Å². The molecule has 1 heterocycles. The van der Waals surface area contributed by atoms with Gasteiger partial charge in [-0.25, -0.2) is 0 Å². The van der Waals surface area contributed by atoms with Gasteiger partial charge in [0.25, 0.3) is 0 Å². The molecule has 1 aromatic rings. The molecule has 23 heavy (non-hydrogen) atoms. The highest BCUT2D eigenvalue weighted by Gasteiger charge is 2.27. The van der Waals surface area contributed by atoms with Crippen LogP contribution in [0.3, 0.4) is 0 Å². The van der Waals surface area contributed by atoms with Crippen molar-refractivity contribution in [2.75, 3.05) is 25.5 Å². The average molecular weight is 339 g/mol. The Labute approximate surface area is 141 Å². The van der Waals surface area contributed by atoms with Gasteiger partial charge in [0.1, 0.15) is 0 Å². The van der Waals surface area contributed by atoms with Gasteiger partial charge in [-0.15, -0.1) is 0 Å². The normalized spacial score (nSPS) is 15.3. The van der Waals surface area contributed by atoms with Crippen molar-refractivity contribution >= 4 is 29.1 Å². The molecule has 2 rings (SSSR count). The van der Waals surface area contributed by atoms with Crippen molar-refractivity contribution in [2.24, 2.45) is 5.92 Å². The monoisotopic (exact) mass is 338 g/mol. The molecule has 0 spiro atoms. The molecule has 126 valence electrons. The summed E-state index contributed by atoms with van der Waals surface area (Å²) < 4.78 is 5.24. The second kappa shape index (κ2) is 8.20. The molecular weight excluding hydrogens is 316 g/mol. The van der Waals surface area contributed by atoms with Crippen LogP contribution in [0.25, 0.3) is 0 Å². The number of ether oxygens (including phenoxy) is 1. The van der Waals surface area contributed by atoms with E-state index in [0.29, 0.717) is 48.8 Å². The third-order valence-electron chi connectivity index (χ3n) is 4.11. The van der Waals surface area contributed by atoms with Crippen LogP contribution >= 0.6 is 11.6 Å². The number of nitrogens with zero attached hydrogens (tertiary/aromatic N) is 1. The predicted octanol–water partition coefficient (Wildman–Crippen LogP) is 3.33. The number of carbonyl (C=O) groups excluding carboxylic acids is 2. The van der Waals surface area contributed by atoms with Crippen LogP contribution in [0.2, 0.25) is 5.02 Å². The Morgan fingerprint density at radius 1 is 1.35 bits per heavy atom. The fourth-order valence-electron chi connectivity index (χ4n) is 2.81. The van der Waals surface area contributed by atoms with Crippen molar-refractivity contribution in [3.8, 4) is 5.75 Å². The number of likely N-dealkylation sites (tertiary alicyclic amines) is 1. The fourth-order valence-corrected chi connectivity index (χ4v) is 3.06. The number of benzene rings is 1. The molecule has 0 aliphatic carbocycles. The highest BCUT2D eigenvalue weighted by Crippen LogP contribution is 2.33. The average Bonchev–Trinajstić information content (AvgIpc) is 2.55. The fraction of sp³-hybridized carbons (Fsp3) is 0.529. The Morgan fingerprint density at radius 3 is 2.65 bits per heavy atom. The van der Waals surface area contributed by atoms with E-state index in [1.54, 1.807) is 18.2 Å². The summed E-state index contributed by atoms with van der Waals surface area (Å²) in [5.74, 6) is 0.512. The number of hydrogen-bond acceptors (Lipinski definition) is 3. The molecule has 1 aromatic carbocycles. The molecule has 1 N–H and O–H groups in total. The zero-order chi connectivity index (χ0) is 16.8. The van der Waals surface area contributed by atoms with Crippen LogP contribution in [-0.2, 0) is 9.59 Å².